The zero-order valence-electron chi connectivity index (χ0n) is 9.35. The van der Waals surface area contributed by atoms with Crippen LogP contribution in [-0.4, -0.2) is 31.3 Å². The van der Waals surface area contributed by atoms with Crippen molar-refractivity contribution >= 4 is 26.0 Å². The van der Waals surface area contributed by atoms with Crippen LogP contribution in [0.15, 0.2) is 27.8 Å². The SMILES string of the molecule is CCCCN(C)S(=O)(=O)c1cncc(Br)c1. The normalized spacial score (nSPS) is 12.0. The van der Waals surface area contributed by atoms with Crippen molar-refractivity contribution in [3.63, 3.8) is 0 Å². The third-order valence-electron chi connectivity index (χ3n) is 2.21. The van der Waals surface area contributed by atoms with Gasteiger partial charge in [-0.3, -0.25) is 4.98 Å². The van der Waals surface area contributed by atoms with E-state index >= 15 is 0 Å². The number of aromatic nitrogens is 1. The Morgan fingerprint density at radius 3 is 2.69 bits per heavy atom. The number of sulfonamides is 1. The summed E-state index contributed by atoms with van der Waals surface area (Å²) in [5.74, 6) is 0. The highest BCUT2D eigenvalue weighted by molar-refractivity contribution is 9.10. The van der Waals surface area contributed by atoms with Gasteiger partial charge in [0.2, 0.25) is 10.0 Å². The average molecular weight is 307 g/mol. The van der Waals surface area contributed by atoms with E-state index in [9.17, 15) is 8.42 Å². The van der Waals surface area contributed by atoms with E-state index in [-0.39, 0.29) is 4.90 Å². The van der Waals surface area contributed by atoms with Crippen LogP contribution in [0.2, 0.25) is 0 Å². The molecule has 6 heteroatoms. The third-order valence-corrected chi connectivity index (χ3v) is 4.47. The van der Waals surface area contributed by atoms with Crippen molar-refractivity contribution in [3.05, 3.63) is 22.9 Å². The van der Waals surface area contributed by atoms with Crippen molar-refractivity contribution in [1.29, 1.82) is 0 Å². The highest BCUT2D eigenvalue weighted by Crippen LogP contribution is 2.17. The smallest absolute Gasteiger partial charge is 0.244 e. The fourth-order valence-electron chi connectivity index (χ4n) is 1.21. The van der Waals surface area contributed by atoms with E-state index in [4.69, 9.17) is 0 Å². The summed E-state index contributed by atoms with van der Waals surface area (Å²) in [6.07, 6.45) is 4.75. The Balaban J connectivity index is 2.93. The van der Waals surface area contributed by atoms with Crippen molar-refractivity contribution in [2.24, 2.45) is 0 Å². The largest absolute Gasteiger partial charge is 0.262 e. The average Bonchev–Trinajstić information content (AvgIpc) is 2.25. The molecule has 0 fully saturated rings. The molecule has 0 spiro atoms. The second-order valence-electron chi connectivity index (χ2n) is 3.52. The minimum atomic E-state index is -3.39. The third kappa shape index (κ3) is 3.26. The second kappa shape index (κ2) is 5.75. The predicted molar refractivity (Wildman–Crippen MR) is 66.7 cm³/mol. The Kier molecular flexibility index (Phi) is 4.89. The van der Waals surface area contributed by atoms with Gasteiger partial charge in [-0.1, -0.05) is 13.3 Å². The maximum Gasteiger partial charge on any atom is 0.244 e. The standard InChI is InChI=1S/C10H15BrN2O2S/c1-3-4-5-13(2)16(14,15)10-6-9(11)7-12-8-10/h6-8H,3-5H2,1-2H3. The number of unbranched alkanes of at least 4 members (excludes halogenated alkanes) is 1. The van der Waals surface area contributed by atoms with Crippen LogP contribution in [-0.2, 0) is 10.0 Å². The number of pyridine rings is 1. The van der Waals surface area contributed by atoms with Gasteiger partial charge < -0.3 is 0 Å². The van der Waals surface area contributed by atoms with E-state index in [1.54, 1.807) is 19.3 Å². The van der Waals surface area contributed by atoms with Crippen molar-refractivity contribution in [3.8, 4) is 0 Å². The minimum absolute atomic E-state index is 0.223. The minimum Gasteiger partial charge on any atom is -0.262 e. The van der Waals surface area contributed by atoms with E-state index < -0.39 is 10.0 Å². The first kappa shape index (κ1) is 13.6. The monoisotopic (exact) mass is 306 g/mol. The molecule has 0 bridgehead atoms. The molecule has 1 heterocycles. The van der Waals surface area contributed by atoms with Crippen LogP contribution in [0.1, 0.15) is 19.8 Å². The highest BCUT2D eigenvalue weighted by atomic mass is 79.9. The summed E-state index contributed by atoms with van der Waals surface area (Å²) in [6, 6.07) is 1.56. The fraction of sp³-hybridized carbons (Fsp3) is 0.500. The van der Waals surface area contributed by atoms with Gasteiger partial charge in [-0.25, -0.2) is 12.7 Å². The molecular weight excluding hydrogens is 292 g/mol. The number of halogens is 1. The molecule has 1 rings (SSSR count). The Hall–Kier alpha value is -0.460. The zero-order valence-corrected chi connectivity index (χ0v) is 11.8. The topological polar surface area (TPSA) is 50.3 Å². The number of rotatable bonds is 5. The molecule has 0 amide bonds. The van der Waals surface area contributed by atoms with Crippen molar-refractivity contribution < 1.29 is 8.42 Å². The van der Waals surface area contributed by atoms with Gasteiger partial charge >= 0.3 is 0 Å². The first-order valence-corrected chi connectivity index (χ1v) is 7.28. The van der Waals surface area contributed by atoms with E-state index in [1.165, 1.54) is 10.5 Å². The van der Waals surface area contributed by atoms with E-state index in [1.807, 2.05) is 6.92 Å². The maximum absolute atomic E-state index is 12.1. The molecule has 0 saturated carbocycles. The van der Waals surface area contributed by atoms with Crippen LogP contribution in [0.5, 0.6) is 0 Å². The summed E-state index contributed by atoms with van der Waals surface area (Å²) < 4.78 is 26.1. The highest BCUT2D eigenvalue weighted by Gasteiger charge is 2.20. The van der Waals surface area contributed by atoms with Gasteiger partial charge in [0, 0.05) is 30.5 Å². The Bertz CT molecular complexity index is 448. The first-order valence-electron chi connectivity index (χ1n) is 5.05. The molecule has 0 aromatic carbocycles. The number of nitrogens with zero attached hydrogens (tertiary/aromatic N) is 2. The predicted octanol–water partition coefficient (Wildman–Crippen LogP) is 2.26. The van der Waals surface area contributed by atoms with Gasteiger partial charge in [-0.05, 0) is 28.4 Å². The van der Waals surface area contributed by atoms with Crippen LogP contribution < -0.4 is 0 Å². The van der Waals surface area contributed by atoms with E-state index in [0.29, 0.717) is 11.0 Å². The Labute approximate surface area is 105 Å². The lowest BCUT2D eigenvalue weighted by molar-refractivity contribution is 0.459. The van der Waals surface area contributed by atoms with Crippen LogP contribution in [0, 0.1) is 0 Å². The fourth-order valence-corrected chi connectivity index (χ4v) is 2.93. The van der Waals surface area contributed by atoms with Crippen molar-refractivity contribution in [2.45, 2.75) is 24.7 Å². The van der Waals surface area contributed by atoms with Gasteiger partial charge in [-0.15, -0.1) is 0 Å². The molecule has 1 aromatic rings. The van der Waals surface area contributed by atoms with Gasteiger partial charge in [-0.2, -0.15) is 0 Å². The lowest BCUT2D eigenvalue weighted by atomic mass is 10.3. The molecular formula is C10H15BrN2O2S. The van der Waals surface area contributed by atoms with Crippen molar-refractivity contribution in [1.82, 2.24) is 9.29 Å². The Morgan fingerprint density at radius 2 is 2.12 bits per heavy atom. The zero-order chi connectivity index (χ0) is 12.2. The molecule has 0 radical (unpaired) electrons. The van der Waals surface area contributed by atoms with Crippen molar-refractivity contribution in [2.75, 3.05) is 13.6 Å². The molecule has 0 atom stereocenters. The molecule has 4 nitrogen and oxygen atoms in total. The van der Waals surface area contributed by atoms with Crippen LogP contribution in [0.25, 0.3) is 0 Å². The van der Waals surface area contributed by atoms with Gasteiger partial charge in [0.1, 0.15) is 4.90 Å². The lowest BCUT2D eigenvalue weighted by Crippen LogP contribution is -2.28. The second-order valence-corrected chi connectivity index (χ2v) is 6.48. The van der Waals surface area contributed by atoms with Gasteiger partial charge in [0.05, 0.1) is 0 Å². The molecule has 0 N–H and O–H groups in total. The number of hydrogen-bond donors (Lipinski definition) is 0. The molecule has 1 aromatic heterocycles. The molecule has 0 aliphatic rings. The summed E-state index contributed by atoms with van der Waals surface area (Å²) in [7, 11) is -1.80. The van der Waals surface area contributed by atoms with Gasteiger partial charge in [0.15, 0.2) is 0 Å². The molecule has 0 aliphatic carbocycles. The van der Waals surface area contributed by atoms with Crippen LogP contribution in [0.4, 0.5) is 0 Å². The molecule has 0 unspecified atom stereocenters. The van der Waals surface area contributed by atoms with Crippen LogP contribution in [0.3, 0.4) is 0 Å². The maximum atomic E-state index is 12.1. The summed E-state index contributed by atoms with van der Waals surface area (Å²) in [6.45, 7) is 2.56. The van der Waals surface area contributed by atoms with Crippen LogP contribution >= 0.6 is 15.9 Å². The summed E-state index contributed by atoms with van der Waals surface area (Å²) in [5.41, 5.74) is 0. The summed E-state index contributed by atoms with van der Waals surface area (Å²) >= 11 is 3.21. The number of hydrogen-bond acceptors (Lipinski definition) is 3. The van der Waals surface area contributed by atoms with E-state index in [2.05, 4.69) is 20.9 Å². The lowest BCUT2D eigenvalue weighted by Gasteiger charge is -2.16. The summed E-state index contributed by atoms with van der Waals surface area (Å²) in [5, 5.41) is 0. The Morgan fingerprint density at radius 1 is 1.44 bits per heavy atom. The molecule has 16 heavy (non-hydrogen) atoms. The molecule has 0 saturated heterocycles. The van der Waals surface area contributed by atoms with E-state index in [0.717, 1.165) is 12.8 Å². The quantitative estimate of drug-likeness (QED) is 0.838. The van der Waals surface area contributed by atoms with Gasteiger partial charge in [0.25, 0.3) is 0 Å². The summed E-state index contributed by atoms with van der Waals surface area (Å²) in [4.78, 5) is 4.08. The first-order chi connectivity index (χ1) is 7.48. The molecule has 90 valence electrons. The molecule has 0 aliphatic heterocycles.